The minimum Gasteiger partial charge on any atom is -0.468 e. The smallest absolute Gasteiger partial charge is 0.358 e. The molecule has 0 bridgehead atoms. The van der Waals surface area contributed by atoms with Crippen LogP contribution in [0.25, 0.3) is 0 Å². The number of methoxy groups -OCH3 is 2. The molecule has 2 aromatic rings. The summed E-state index contributed by atoms with van der Waals surface area (Å²) in [5, 5.41) is 0.0361. The van der Waals surface area contributed by atoms with Gasteiger partial charge in [-0.3, -0.25) is 4.79 Å². The van der Waals surface area contributed by atoms with Crippen molar-refractivity contribution in [2.24, 2.45) is 0 Å². The van der Waals surface area contributed by atoms with Crippen molar-refractivity contribution in [2.45, 2.75) is 18.8 Å². The Kier molecular flexibility index (Phi) is 5.37. The number of para-hydroxylation sites is 1. The van der Waals surface area contributed by atoms with Crippen molar-refractivity contribution in [1.29, 1.82) is 0 Å². The summed E-state index contributed by atoms with van der Waals surface area (Å²) >= 11 is 6.43. The molecule has 1 aromatic carbocycles. The molecule has 0 saturated heterocycles. The summed E-state index contributed by atoms with van der Waals surface area (Å²) in [5.74, 6) is -0.121. The summed E-state index contributed by atoms with van der Waals surface area (Å²) in [7, 11) is 2.57. The van der Waals surface area contributed by atoms with Crippen LogP contribution in [0.3, 0.4) is 0 Å². The summed E-state index contributed by atoms with van der Waals surface area (Å²) in [5.41, 5.74) is 0.683. The van der Waals surface area contributed by atoms with E-state index in [-0.39, 0.29) is 29.0 Å². The third kappa shape index (κ3) is 3.77. The predicted molar refractivity (Wildman–Crippen MR) is 95.8 cm³/mol. The summed E-state index contributed by atoms with van der Waals surface area (Å²) in [4.78, 5) is 34.5. The number of esters is 2. The van der Waals surface area contributed by atoms with Crippen LogP contribution in [0.5, 0.6) is 0 Å². The Bertz CT molecular complexity index is 825. The molecule has 3 rings (SSSR count). The van der Waals surface area contributed by atoms with E-state index in [2.05, 4.69) is 9.97 Å². The maximum atomic E-state index is 12.1. The number of aromatic nitrogens is 2. The summed E-state index contributed by atoms with van der Waals surface area (Å²) in [6.07, 6.45) is 1.90. The van der Waals surface area contributed by atoms with E-state index in [4.69, 9.17) is 21.1 Å². The van der Waals surface area contributed by atoms with Gasteiger partial charge in [0.05, 0.1) is 14.2 Å². The minimum atomic E-state index is -0.647. The number of anilines is 2. The van der Waals surface area contributed by atoms with Gasteiger partial charge in [0.1, 0.15) is 17.4 Å². The average molecular weight is 376 g/mol. The molecular weight excluding hydrogens is 358 g/mol. The van der Waals surface area contributed by atoms with E-state index < -0.39 is 11.9 Å². The number of rotatable bonds is 6. The number of hydrogen-bond donors (Lipinski definition) is 0. The molecule has 0 radical (unpaired) electrons. The molecule has 0 aliphatic heterocycles. The fraction of sp³-hybridized carbons (Fsp3) is 0.333. The van der Waals surface area contributed by atoms with Crippen molar-refractivity contribution in [2.75, 3.05) is 25.7 Å². The molecule has 136 valence electrons. The quantitative estimate of drug-likeness (QED) is 0.717. The van der Waals surface area contributed by atoms with Crippen LogP contribution < -0.4 is 4.90 Å². The van der Waals surface area contributed by atoms with E-state index in [0.29, 0.717) is 11.5 Å². The van der Waals surface area contributed by atoms with E-state index in [1.807, 2.05) is 30.3 Å². The maximum Gasteiger partial charge on any atom is 0.358 e. The van der Waals surface area contributed by atoms with Gasteiger partial charge in [0.2, 0.25) is 0 Å². The van der Waals surface area contributed by atoms with Crippen LogP contribution in [0.4, 0.5) is 11.5 Å². The van der Waals surface area contributed by atoms with E-state index in [1.54, 1.807) is 4.90 Å². The van der Waals surface area contributed by atoms with Gasteiger partial charge in [-0.2, -0.15) is 0 Å². The van der Waals surface area contributed by atoms with Gasteiger partial charge in [-0.1, -0.05) is 29.8 Å². The lowest BCUT2D eigenvalue weighted by molar-refractivity contribution is -0.138. The van der Waals surface area contributed by atoms with Crippen molar-refractivity contribution in [1.82, 2.24) is 9.97 Å². The average Bonchev–Trinajstić information content (AvgIpc) is 3.51. The molecular formula is C18H18ClN3O4. The van der Waals surface area contributed by atoms with Crippen LogP contribution in [0.2, 0.25) is 5.02 Å². The predicted octanol–water partition coefficient (Wildman–Crippen LogP) is 3.11. The molecule has 0 unspecified atom stereocenters. The van der Waals surface area contributed by atoms with Crippen LogP contribution in [0.1, 0.15) is 35.1 Å². The first kappa shape index (κ1) is 18.1. The van der Waals surface area contributed by atoms with Crippen LogP contribution in [0, 0.1) is 0 Å². The highest BCUT2D eigenvalue weighted by atomic mass is 35.5. The maximum absolute atomic E-state index is 12.1. The summed E-state index contributed by atoms with van der Waals surface area (Å²) in [6.45, 7) is -0.109. The molecule has 1 aliphatic carbocycles. The van der Waals surface area contributed by atoms with Gasteiger partial charge in [-0.05, 0) is 25.0 Å². The Morgan fingerprint density at radius 1 is 1.15 bits per heavy atom. The molecule has 1 aromatic heterocycles. The fourth-order valence-corrected chi connectivity index (χ4v) is 2.74. The van der Waals surface area contributed by atoms with Crippen LogP contribution in [0.15, 0.2) is 30.3 Å². The van der Waals surface area contributed by atoms with E-state index >= 15 is 0 Å². The van der Waals surface area contributed by atoms with Crippen molar-refractivity contribution in [3.8, 4) is 0 Å². The lowest BCUT2D eigenvalue weighted by atomic mass is 10.2. The highest BCUT2D eigenvalue weighted by molar-refractivity contribution is 6.35. The third-order valence-electron chi connectivity index (χ3n) is 4.01. The zero-order chi connectivity index (χ0) is 18.7. The van der Waals surface area contributed by atoms with E-state index in [0.717, 1.165) is 12.8 Å². The van der Waals surface area contributed by atoms with Crippen LogP contribution in [-0.4, -0.2) is 42.7 Å². The largest absolute Gasteiger partial charge is 0.468 e. The highest BCUT2D eigenvalue weighted by Crippen LogP contribution is 2.41. The zero-order valence-electron chi connectivity index (χ0n) is 14.4. The van der Waals surface area contributed by atoms with Gasteiger partial charge in [0.25, 0.3) is 0 Å². The van der Waals surface area contributed by atoms with Crippen molar-refractivity contribution in [3.63, 3.8) is 0 Å². The Morgan fingerprint density at radius 2 is 1.85 bits per heavy atom. The second-order valence-electron chi connectivity index (χ2n) is 5.83. The lowest BCUT2D eigenvalue weighted by Crippen LogP contribution is -2.28. The minimum absolute atomic E-state index is 0.00753. The van der Waals surface area contributed by atoms with E-state index in [1.165, 1.54) is 14.2 Å². The monoisotopic (exact) mass is 375 g/mol. The van der Waals surface area contributed by atoms with Crippen LogP contribution in [-0.2, 0) is 14.3 Å². The molecule has 0 amide bonds. The first-order valence-corrected chi connectivity index (χ1v) is 8.48. The highest BCUT2D eigenvalue weighted by Gasteiger charge is 2.32. The molecule has 0 spiro atoms. The molecule has 1 heterocycles. The second-order valence-corrected chi connectivity index (χ2v) is 6.21. The van der Waals surface area contributed by atoms with Gasteiger partial charge in [0, 0.05) is 11.6 Å². The van der Waals surface area contributed by atoms with Gasteiger partial charge in [-0.25, -0.2) is 14.8 Å². The molecule has 1 aliphatic rings. The number of ether oxygens (including phenoxy) is 2. The number of halogens is 1. The normalized spacial score (nSPS) is 13.2. The number of benzene rings is 1. The Labute approximate surface area is 155 Å². The van der Waals surface area contributed by atoms with Gasteiger partial charge in [-0.15, -0.1) is 0 Å². The van der Waals surface area contributed by atoms with Crippen molar-refractivity contribution < 1.29 is 19.1 Å². The Hall–Kier alpha value is -2.67. The van der Waals surface area contributed by atoms with Gasteiger partial charge >= 0.3 is 11.9 Å². The number of carbonyl (C=O) groups excluding carboxylic acids is 2. The number of hydrogen-bond acceptors (Lipinski definition) is 7. The number of nitrogens with zero attached hydrogens (tertiary/aromatic N) is 3. The molecule has 1 saturated carbocycles. The first-order chi connectivity index (χ1) is 12.5. The molecule has 8 heteroatoms. The second kappa shape index (κ2) is 7.70. The lowest BCUT2D eigenvalue weighted by Gasteiger charge is -2.24. The van der Waals surface area contributed by atoms with Gasteiger partial charge < -0.3 is 14.4 Å². The van der Waals surface area contributed by atoms with Crippen LogP contribution >= 0.6 is 11.6 Å². The fourth-order valence-electron chi connectivity index (χ4n) is 2.48. The summed E-state index contributed by atoms with van der Waals surface area (Å²) < 4.78 is 9.58. The standard InChI is InChI=1S/C18H18ClN3O4/c1-25-13(23)10-22(12-6-4-3-5-7-12)17-14(19)15(18(24)26-2)20-16(21-17)11-8-9-11/h3-7,11H,8-10H2,1-2H3. The van der Waals surface area contributed by atoms with Crippen molar-refractivity contribution >= 4 is 35.0 Å². The van der Waals surface area contributed by atoms with Crippen molar-refractivity contribution in [3.05, 3.63) is 46.9 Å². The SMILES string of the molecule is COC(=O)CN(c1ccccc1)c1nc(C2CC2)nc(C(=O)OC)c1Cl. The first-order valence-electron chi connectivity index (χ1n) is 8.10. The van der Waals surface area contributed by atoms with E-state index in [9.17, 15) is 9.59 Å². The third-order valence-corrected chi connectivity index (χ3v) is 4.36. The molecule has 26 heavy (non-hydrogen) atoms. The zero-order valence-corrected chi connectivity index (χ0v) is 15.2. The molecule has 7 nitrogen and oxygen atoms in total. The van der Waals surface area contributed by atoms with Gasteiger partial charge in [0.15, 0.2) is 11.5 Å². The topological polar surface area (TPSA) is 81.6 Å². The molecule has 0 N–H and O–H groups in total. The summed E-state index contributed by atoms with van der Waals surface area (Å²) in [6, 6.07) is 9.15. The molecule has 0 atom stereocenters. The Morgan fingerprint density at radius 3 is 2.42 bits per heavy atom. The Balaban J connectivity index is 2.14. The molecule has 1 fully saturated rings. The number of carbonyl (C=O) groups is 2.